The van der Waals surface area contributed by atoms with Crippen molar-refractivity contribution in [2.24, 2.45) is 5.92 Å². The number of nitrogens with zero attached hydrogens (tertiary/aromatic N) is 6. The highest BCUT2D eigenvalue weighted by Gasteiger charge is 2.25. The lowest BCUT2D eigenvalue weighted by Gasteiger charge is -2.29. The van der Waals surface area contributed by atoms with Crippen molar-refractivity contribution in [2.75, 3.05) is 11.9 Å². The average molecular weight is 341 g/mol. The number of aliphatic hydroxyl groups is 1. The van der Waals surface area contributed by atoms with Gasteiger partial charge in [-0.3, -0.25) is 4.68 Å². The Balaban J connectivity index is 1.61. The lowest BCUT2D eigenvalue weighted by molar-refractivity contribution is 0.245. The van der Waals surface area contributed by atoms with Crippen LogP contribution in [-0.4, -0.2) is 41.2 Å². The minimum absolute atomic E-state index is 0.0579. The van der Waals surface area contributed by atoms with E-state index in [1.165, 1.54) is 19.3 Å². The lowest BCUT2D eigenvalue weighted by Crippen LogP contribution is -2.22. The molecule has 0 bridgehead atoms. The third-order valence-corrected chi connectivity index (χ3v) is 4.93. The SMILES string of the molecule is CC1CCCCC1n1ncc2cnc(Nc3cnn(CCO)c3)nc21. The van der Waals surface area contributed by atoms with Crippen LogP contribution in [0.2, 0.25) is 0 Å². The van der Waals surface area contributed by atoms with Crippen LogP contribution in [0.15, 0.2) is 24.8 Å². The standard InChI is InChI=1S/C17H23N7O/c1-12-4-2-3-5-15(12)24-16-13(9-20-24)8-18-17(22-16)21-14-10-19-23(11-14)6-7-25/h8-12,15,25H,2-7H2,1H3,(H,18,21,22). The Kier molecular flexibility index (Phi) is 4.35. The topological polar surface area (TPSA) is 93.7 Å². The zero-order valence-electron chi connectivity index (χ0n) is 14.3. The Morgan fingerprint density at radius 3 is 2.92 bits per heavy atom. The normalized spacial score (nSPS) is 20.9. The fourth-order valence-corrected chi connectivity index (χ4v) is 3.58. The summed E-state index contributed by atoms with van der Waals surface area (Å²) in [6, 6.07) is 0.404. The van der Waals surface area contributed by atoms with Crippen LogP contribution in [-0.2, 0) is 6.54 Å². The highest BCUT2D eigenvalue weighted by Crippen LogP contribution is 2.34. The predicted octanol–water partition coefficient (Wildman–Crippen LogP) is 2.51. The van der Waals surface area contributed by atoms with Gasteiger partial charge < -0.3 is 10.4 Å². The molecule has 1 fully saturated rings. The fourth-order valence-electron chi connectivity index (χ4n) is 3.58. The van der Waals surface area contributed by atoms with Gasteiger partial charge in [0.15, 0.2) is 5.65 Å². The van der Waals surface area contributed by atoms with Gasteiger partial charge in [-0.25, -0.2) is 9.67 Å². The van der Waals surface area contributed by atoms with Gasteiger partial charge in [-0.1, -0.05) is 19.8 Å². The van der Waals surface area contributed by atoms with Crippen molar-refractivity contribution in [3.63, 3.8) is 0 Å². The Bertz CT molecular complexity index is 856. The maximum atomic E-state index is 8.97. The molecule has 132 valence electrons. The van der Waals surface area contributed by atoms with E-state index in [0.29, 0.717) is 24.5 Å². The average Bonchev–Trinajstić information content (AvgIpc) is 3.22. The molecule has 3 aromatic heterocycles. The van der Waals surface area contributed by atoms with Gasteiger partial charge in [0.1, 0.15) is 0 Å². The van der Waals surface area contributed by atoms with Crippen LogP contribution in [0.5, 0.6) is 0 Å². The third-order valence-electron chi connectivity index (χ3n) is 4.93. The fraction of sp³-hybridized carbons (Fsp3) is 0.529. The number of anilines is 2. The molecule has 2 N–H and O–H groups in total. The molecule has 4 rings (SSSR count). The summed E-state index contributed by atoms with van der Waals surface area (Å²) >= 11 is 0. The Hall–Kier alpha value is -2.48. The molecule has 0 saturated heterocycles. The summed E-state index contributed by atoms with van der Waals surface area (Å²) in [4.78, 5) is 9.06. The Labute approximate surface area is 145 Å². The smallest absolute Gasteiger partial charge is 0.229 e. The van der Waals surface area contributed by atoms with Crippen molar-refractivity contribution in [3.05, 3.63) is 24.8 Å². The van der Waals surface area contributed by atoms with E-state index in [1.54, 1.807) is 17.1 Å². The van der Waals surface area contributed by atoms with Crippen LogP contribution in [0.3, 0.4) is 0 Å². The zero-order valence-corrected chi connectivity index (χ0v) is 14.3. The molecule has 0 spiro atoms. The summed E-state index contributed by atoms with van der Waals surface area (Å²) in [6.07, 6.45) is 12.1. The number of fused-ring (bicyclic) bond motifs is 1. The van der Waals surface area contributed by atoms with Crippen LogP contribution in [0.4, 0.5) is 11.6 Å². The van der Waals surface area contributed by atoms with Gasteiger partial charge in [0.25, 0.3) is 0 Å². The number of hydrogen-bond donors (Lipinski definition) is 2. The second-order valence-electron chi connectivity index (χ2n) is 6.73. The quantitative estimate of drug-likeness (QED) is 0.740. The van der Waals surface area contributed by atoms with E-state index in [2.05, 4.69) is 37.1 Å². The van der Waals surface area contributed by atoms with Crippen molar-refractivity contribution in [2.45, 2.75) is 45.2 Å². The Morgan fingerprint density at radius 1 is 1.20 bits per heavy atom. The van der Waals surface area contributed by atoms with E-state index in [0.717, 1.165) is 23.1 Å². The van der Waals surface area contributed by atoms with Crippen LogP contribution < -0.4 is 5.32 Å². The predicted molar refractivity (Wildman–Crippen MR) is 94.6 cm³/mol. The van der Waals surface area contributed by atoms with Crippen LogP contribution in [0.1, 0.15) is 38.6 Å². The molecule has 0 aliphatic heterocycles. The van der Waals surface area contributed by atoms with E-state index in [4.69, 9.17) is 5.11 Å². The summed E-state index contributed by atoms with van der Waals surface area (Å²) in [5.41, 5.74) is 1.67. The first-order chi connectivity index (χ1) is 12.2. The van der Waals surface area contributed by atoms with Crippen molar-refractivity contribution in [1.82, 2.24) is 29.5 Å². The summed E-state index contributed by atoms with van der Waals surface area (Å²) in [5, 5.41) is 21.9. The van der Waals surface area contributed by atoms with E-state index in [9.17, 15) is 0 Å². The van der Waals surface area contributed by atoms with E-state index >= 15 is 0 Å². The monoisotopic (exact) mass is 341 g/mol. The largest absolute Gasteiger partial charge is 0.394 e. The van der Waals surface area contributed by atoms with Crippen molar-refractivity contribution in [3.8, 4) is 0 Å². The van der Waals surface area contributed by atoms with E-state index < -0.39 is 0 Å². The van der Waals surface area contributed by atoms with Crippen LogP contribution in [0, 0.1) is 5.92 Å². The maximum absolute atomic E-state index is 8.97. The highest BCUT2D eigenvalue weighted by atomic mass is 16.3. The van der Waals surface area contributed by atoms with E-state index in [-0.39, 0.29) is 6.61 Å². The summed E-state index contributed by atoms with van der Waals surface area (Å²) < 4.78 is 3.75. The molecule has 0 aromatic carbocycles. The molecule has 1 saturated carbocycles. The second kappa shape index (κ2) is 6.79. The molecular weight excluding hydrogens is 318 g/mol. The second-order valence-corrected chi connectivity index (χ2v) is 6.73. The zero-order chi connectivity index (χ0) is 17.2. The molecule has 1 aliphatic carbocycles. The first-order valence-electron chi connectivity index (χ1n) is 8.85. The van der Waals surface area contributed by atoms with Gasteiger partial charge in [0, 0.05) is 12.4 Å². The van der Waals surface area contributed by atoms with Crippen molar-refractivity contribution >= 4 is 22.7 Å². The third kappa shape index (κ3) is 3.21. The number of aromatic nitrogens is 6. The lowest BCUT2D eigenvalue weighted by atomic mass is 9.86. The maximum Gasteiger partial charge on any atom is 0.229 e. The van der Waals surface area contributed by atoms with Crippen LogP contribution >= 0.6 is 0 Å². The summed E-state index contributed by atoms with van der Waals surface area (Å²) in [7, 11) is 0. The summed E-state index contributed by atoms with van der Waals surface area (Å²) in [5.74, 6) is 1.14. The molecule has 3 heterocycles. The molecule has 2 atom stereocenters. The molecular formula is C17H23N7O. The van der Waals surface area contributed by atoms with Gasteiger partial charge in [-0.05, 0) is 18.8 Å². The minimum atomic E-state index is 0.0579. The molecule has 1 aliphatic rings. The van der Waals surface area contributed by atoms with Gasteiger partial charge in [0.05, 0.1) is 42.7 Å². The molecule has 2 unspecified atom stereocenters. The number of rotatable bonds is 5. The highest BCUT2D eigenvalue weighted by molar-refractivity contribution is 5.75. The molecule has 8 heteroatoms. The summed E-state index contributed by atoms with van der Waals surface area (Å²) in [6.45, 7) is 2.82. The number of hydrogen-bond acceptors (Lipinski definition) is 6. The Morgan fingerprint density at radius 2 is 2.08 bits per heavy atom. The molecule has 0 amide bonds. The molecule has 0 radical (unpaired) electrons. The van der Waals surface area contributed by atoms with Gasteiger partial charge in [-0.2, -0.15) is 15.2 Å². The van der Waals surface area contributed by atoms with Crippen molar-refractivity contribution < 1.29 is 5.11 Å². The molecule has 25 heavy (non-hydrogen) atoms. The van der Waals surface area contributed by atoms with Gasteiger partial charge in [-0.15, -0.1) is 0 Å². The van der Waals surface area contributed by atoms with Crippen molar-refractivity contribution in [1.29, 1.82) is 0 Å². The van der Waals surface area contributed by atoms with Crippen LogP contribution in [0.25, 0.3) is 11.0 Å². The first-order valence-corrected chi connectivity index (χ1v) is 8.85. The first kappa shape index (κ1) is 16.0. The molecule has 3 aromatic rings. The van der Waals surface area contributed by atoms with Gasteiger partial charge >= 0.3 is 0 Å². The molecule has 8 nitrogen and oxygen atoms in total. The number of aliphatic hydroxyl groups excluding tert-OH is 1. The number of nitrogens with one attached hydrogen (secondary N) is 1. The van der Waals surface area contributed by atoms with E-state index in [1.807, 2.05) is 12.4 Å². The van der Waals surface area contributed by atoms with Gasteiger partial charge in [0.2, 0.25) is 5.95 Å². The minimum Gasteiger partial charge on any atom is -0.394 e.